The van der Waals surface area contributed by atoms with Gasteiger partial charge in [-0.05, 0) is 214 Å². The second kappa shape index (κ2) is 16.5. The molecule has 6 heteroatoms. The van der Waals surface area contributed by atoms with Crippen molar-refractivity contribution in [3.63, 3.8) is 0 Å². The van der Waals surface area contributed by atoms with Gasteiger partial charge in [0.2, 0.25) is 0 Å². The van der Waals surface area contributed by atoms with Crippen LogP contribution < -0.4 is 0 Å². The van der Waals surface area contributed by atoms with Crippen LogP contribution in [0.1, 0.15) is 91.4 Å². The second-order valence-corrected chi connectivity index (χ2v) is 21.8. The fourth-order valence-corrected chi connectivity index (χ4v) is 14.9. The highest BCUT2D eigenvalue weighted by Crippen LogP contribution is 2.52. The molecule has 0 aliphatic carbocycles. The number of hydrogen-bond acceptors (Lipinski definition) is 4. The van der Waals surface area contributed by atoms with Gasteiger partial charge in [0.1, 0.15) is 0 Å². The number of hydrogen-bond donors (Lipinski definition) is 0. The number of fused-ring (bicyclic) bond motifs is 8. The fraction of sp³-hybridized carbons (Fsp3) is 0.135. The van der Waals surface area contributed by atoms with Gasteiger partial charge in [0.15, 0.2) is 0 Å². The quantitative estimate of drug-likeness (QED) is 0.0862. The molecule has 0 fully saturated rings. The molecule has 0 unspecified atom stereocenters. The number of rotatable bonds is 0. The van der Waals surface area contributed by atoms with Crippen LogP contribution in [0.15, 0.2) is 146 Å². The molecule has 0 bridgehead atoms. The Hall–Kier alpha value is -9.52. The lowest BCUT2D eigenvalue weighted by atomic mass is 9.81. The van der Waals surface area contributed by atoms with E-state index in [1.165, 1.54) is 118 Å². The van der Waals surface area contributed by atoms with E-state index in [0.717, 1.165) is 64.6 Å². The van der Waals surface area contributed by atoms with Crippen molar-refractivity contribution in [3.8, 4) is 0 Å². The second-order valence-electron chi connectivity index (χ2n) is 21.8. The molecular formula is C74H54N2O4. The van der Waals surface area contributed by atoms with Gasteiger partial charge in [-0.15, -0.1) is 0 Å². The van der Waals surface area contributed by atoms with Crippen molar-refractivity contribution >= 4 is 174 Å². The summed E-state index contributed by atoms with van der Waals surface area (Å²) in [5.74, 6) is -0.954. The molecule has 384 valence electrons. The van der Waals surface area contributed by atoms with Gasteiger partial charge in [-0.3, -0.25) is 29.0 Å². The number of imide groups is 2. The van der Waals surface area contributed by atoms with Crippen LogP contribution in [0.5, 0.6) is 0 Å². The van der Waals surface area contributed by atoms with Crippen molar-refractivity contribution in [2.75, 3.05) is 14.1 Å². The summed E-state index contributed by atoms with van der Waals surface area (Å²) in [6.45, 7) is 16.8. The minimum Gasteiger partial charge on any atom is -0.277 e. The van der Waals surface area contributed by atoms with E-state index in [9.17, 15) is 19.2 Å². The molecule has 0 aromatic heterocycles. The third-order valence-corrected chi connectivity index (χ3v) is 18.3. The van der Waals surface area contributed by atoms with Crippen LogP contribution in [0.2, 0.25) is 0 Å². The first-order valence-corrected chi connectivity index (χ1v) is 28.0. The third-order valence-electron chi connectivity index (χ3n) is 18.3. The maximum absolute atomic E-state index is 13.1. The van der Waals surface area contributed by atoms with Gasteiger partial charge in [0.05, 0.1) is 0 Å². The summed E-state index contributed by atoms with van der Waals surface area (Å²) in [5, 5.41) is 33.3. The largest absolute Gasteiger partial charge is 0.277 e. The predicted octanol–water partition coefficient (Wildman–Crippen LogP) is 19.0. The maximum Gasteiger partial charge on any atom is 0.261 e. The molecule has 0 spiro atoms. The molecule has 0 N–H and O–H groups in total. The summed E-state index contributed by atoms with van der Waals surface area (Å²) in [6.07, 6.45) is 0. The lowest BCUT2D eigenvalue weighted by Gasteiger charge is -2.26. The predicted molar refractivity (Wildman–Crippen MR) is 337 cm³/mol. The topological polar surface area (TPSA) is 74.8 Å². The average Bonchev–Trinajstić information content (AvgIpc) is 3.64. The van der Waals surface area contributed by atoms with Gasteiger partial charge in [-0.25, -0.2) is 0 Å². The zero-order chi connectivity index (χ0) is 55.2. The maximum atomic E-state index is 13.1. The summed E-state index contributed by atoms with van der Waals surface area (Å²) in [4.78, 5) is 54.7. The summed E-state index contributed by atoms with van der Waals surface area (Å²) in [7, 11) is 3.12. The minimum atomic E-state index is -0.238. The molecule has 2 aliphatic rings. The lowest BCUT2D eigenvalue weighted by Crippen LogP contribution is -2.36. The third kappa shape index (κ3) is 5.67. The van der Waals surface area contributed by atoms with Gasteiger partial charge >= 0.3 is 0 Å². The molecule has 18 rings (SSSR count). The summed E-state index contributed by atoms with van der Waals surface area (Å²) < 4.78 is 0. The van der Waals surface area contributed by atoms with E-state index in [1.54, 1.807) is 14.1 Å². The van der Waals surface area contributed by atoms with Crippen LogP contribution in [0.4, 0.5) is 0 Å². The molecule has 6 nitrogen and oxygen atoms in total. The standard InChI is InChI=1S/2C35H21NO2.2C2H6/c2*1-16-4-6-18-20-8-10-22-24-12-14-26-33-27(35(38)36(3)34(26)37)15-13-25(32(24)33)23-11-9-21(30(20)31(22)23)19-7-5-17(2)28(16)29(18)19;2*1-2/h2*4-15H,1-3H3;2*1-2H3. The molecule has 0 atom stereocenters. The van der Waals surface area contributed by atoms with Gasteiger partial charge in [-0.2, -0.15) is 0 Å². The number of aryl methyl sites for hydroxylation is 4. The summed E-state index contributed by atoms with van der Waals surface area (Å²) in [6, 6.07) is 52.0. The SMILES string of the molecule is CC.CC.Cc1ccc2c3ccc4c5ccc6c7c(ccc(c8ccc(c9ccc(C)c1c29)c3c48)c75)C(=O)N(C)C6=O.Cc1ccc2c3ccc4c5ccc6c7c(ccc(c8ccc(c9ccc(C)c1c29)c3c48)c75)C(=O)N(C)C6=O. The van der Waals surface area contributed by atoms with Crippen molar-refractivity contribution in [1.82, 2.24) is 9.80 Å². The molecule has 4 amide bonds. The van der Waals surface area contributed by atoms with Gasteiger partial charge in [0, 0.05) is 47.1 Å². The number of benzene rings is 16. The zero-order valence-electron chi connectivity index (χ0n) is 46.4. The highest BCUT2D eigenvalue weighted by atomic mass is 16.2. The number of carbonyl (C=O) groups excluding carboxylic acids is 4. The molecular weight excluding hydrogens is 981 g/mol. The Morgan fingerprint density at radius 1 is 0.200 bits per heavy atom. The van der Waals surface area contributed by atoms with E-state index < -0.39 is 0 Å². The monoisotopic (exact) mass is 1030 g/mol. The highest BCUT2D eigenvalue weighted by molar-refractivity contribution is 6.46. The molecule has 80 heavy (non-hydrogen) atoms. The van der Waals surface area contributed by atoms with Crippen molar-refractivity contribution in [3.05, 3.63) is 190 Å². The van der Waals surface area contributed by atoms with Crippen molar-refractivity contribution in [1.29, 1.82) is 0 Å². The minimum absolute atomic E-state index is 0.238. The first-order chi connectivity index (χ1) is 38.9. The van der Waals surface area contributed by atoms with E-state index in [2.05, 4.69) is 149 Å². The Labute approximate surface area is 460 Å². The molecule has 16 aromatic rings. The smallest absolute Gasteiger partial charge is 0.261 e. The first-order valence-electron chi connectivity index (χ1n) is 28.0. The Morgan fingerprint density at radius 2 is 0.338 bits per heavy atom. The molecule has 0 radical (unpaired) electrons. The van der Waals surface area contributed by atoms with Gasteiger partial charge < -0.3 is 0 Å². The molecule has 0 saturated heterocycles. The van der Waals surface area contributed by atoms with Crippen LogP contribution >= 0.6 is 0 Å². The van der Waals surface area contributed by atoms with Crippen molar-refractivity contribution in [2.45, 2.75) is 55.4 Å². The number of amides is 4. The number of carbonyl (C=O) groups is 4. The first kappa shape index (κ1) is 47.7. The summed E-state index contributed by atoms with van der Waals surface area (Å²) >= 11 is 0. The van der Waals surface area contributed by atoms with Crippen LogP contribution in [-0.2, 0) is 0 Å². The fourth-order valence-electron chi connectivity index (χ4n) is 14.9. The molecule has 2 heterocycles. The number of nitrogens with zero attached hydrogens (tertiary/aromatic N) is 2. The summed E-state index contributed by atoms with van der Waals surface area (Å²) in [5.41, 5.74) is 7.62. The van der Waals surface area contributed by atoms with Gasteiger partial charge in [-0.1, -0.05) is 149 Å². The highest BCUT2D eigenvalue weighted by Gasteiger charge is 2.34. The van der Waals surface area contributed by atoms with E-state index in [1.807, 2.05) is 52.0 Å². The van der Waals surface area contributed by atoms with Crippen LogP contribution in [0.25, 0.3) is 151 Å². The molecule has 16 aromatic carbocycles. The molecule has 0 saturated carbocycles. The van der Waals surface area contributed by atoms with E-state index in [4.69, 9.17) is 0 Å². The van der Waals surface area contributed by atoms with Gasteiger partial charge in [0.25, 0.3) is 23.6 Å². The normalized spacial score (nSPS) is 13.7. The Balaban J connectivity index is 0.000000130. The lowest BCUT2D eigenvalue weighted by molar-refractivity contribution is 0.0635. The van der Waals surface area contributed by atoms with Crippen LogP contribution in [0, 0.1) is 27.7 Å². The van der Waals surface area contributed by atoms with Crippen LogP contribution in [0.3, 0.4) is 0 Å². The Bertz CT molecular complexity index is 4860. The Morgan fingerprint density at radius 3 is 0.525 bits per heavy atom. The molecule has 2 aliphatic heterocycles. The van der Waals surface area contributed by atoms with E-state index in [0.29, 0.717) is 22.3 Å². The van der Waals surface area contributed by atoms with E-state index >= 15 is 0 Å². The van der Waals surface area contributed by atoms with Crippen molar-refractivity contribution < 1.29 is 19.2 Å². The Kier molecular flexibility index (Phi) is 9.84. The average molecular weight is 1040 g/mol. The van der Waals surface area contributed by atoms with Crippen LogP contribution in [-0.4, -0.2) is 47.5 Å². The van der Waals surface area contributed by atoms with E-state index in [-0.39, 0.29) is 23.6 Å². The zero-order valence-corrected chi connectivity index (χ0v) is 46.4. The van der Waals surface area contributed by atoms with Crippen molar-refractivity contribution in [2.24, 2.45) is 0 Å².